The van der Waals surface area contributed by atoms with Gasteiger partial charge in [-0.25, -0.2) is 13.8 Å². The zero-order valence-corrected chi connectivity index (χ0v) is 21.8. The van der Waals surface area contributed by atoms with Gasteiger partial charge in [-0.15, -0.1) is 0 Å². The third-order valence-electron chi connectivity index (χ3n) is 5.58. The molecule has 1 N–H and O–H groups in total. The summed E-state index contributed by atoms with van der Waals surface area (Å²) in [4.78, 5) is 12.5. The van der Waals surface area contributed by atoms with Gasteiger partial charge in [-0.2, -0.15) is 5.10 Å². The van der Waals surface area contributed by atoms with E-state index in [2.05, 4.69) is 47.1 Å². The van der Waals surface area contributed by atoms with E-state index in [4.69, 9.17) is 4.74 Å². The molecule has 0 unspecified atom stereocenters. The lowest BCUT2D eigenvalue weighted by atomic mass is 10.1. The molecule has 1 amide bonds. The SMILES string of the molecule is CCOc1ccc(N(CC(=O)N/N=C/c2cc(C)n(-c3ccc(C)cc3C)c2C)S(C)(=O)=O)cc1. The van der Waals surface area contributed by atoms with Crippen molar-refractivity contribution >= 4 is 27.8 Å². The largest absolute Gasteiger partial charge is 0.494 e. The van der Waals surface area contributed by atoms with Gasteiger partial charge in [0.15, 0.2) is 0 Å². The molecule has 35 heavy (non-hydrogen) atoms. The Hall–Kier alpha value is -3.59. The van der Waals surface area contributed by atoms with E-state index in [1.54, 1.807) is 30.5 Å². The molecule has 3 aromatic rings. The van der Waals surface area contributed by atoms with Crippen LogP contribution in [0.1, 0.15) is 35.0 Å². The van der Waals surface area contributed by atoms with Gasteiger partial charge in [0, 0.05) is 22.6 Å². The summed E-state index contributed by atoms with van der Waals surface area (Å²) in [6.07, 6.45) is 2.63. The fourth-order valence-electron chi connectivity index (χ4n) is 3.96. The molecular weight excluding hydrogens is 464 g/mol. The lowest BCUT2D eigenvalue weighted by Gasteiger charge is -2.21. The van der Waals surface area contributed by atoms with Gasteiger partial charge in [-0.3, -0.25) is 9.10 Å². The topological polar surface area (TPSA) is 93.0 Å². The van der Waals surface area contributed by atoms with Crippen LogP contribution in [-0.2, 0) is 14.8 Å². The third-order valence-corrected chi connectivity index (χ3v) is 6.72. The summed E-state index contributed by atoms with van der Waals surface area (Å²) in [5.41, 5.74) is 9.15. The maximum Gasteiger partial charge on any atom is 0.260 e. The Morgan fingerprint density at radius 1 is 1.09 bits per heavy atom. The number of amides is 1. The molecule has 186 valence electrons. The van der Waals surface area contributed by atoms with Gasteiger partial charge in [0.1, 0.15) is 12.3 Å². The predicted molar refractivity (Wildman–Crippen MR) is 140 cm³/mol. The second kappa shape index (κ2) is 10.8. The Kier molecular flexibility index (Phi) is 8.01. The van der Waals surface area contributed by atoms with Crippen molar-refractivity contribution in [2.45, 2.75) is 34.6 Å². The molecule has 0 aliphatic carbocycles. The van der Waals surface area contributed by atoms with Gasteiger partial charge in [0.05, 0.1) is 24.8 Å². The van der Waals surface area contributed by atoms with Crippen LogP contribution >= 0.6 is 0 Å². The number of benzene rings is 2. The average Bonchev–Trinajstić information content (AvgIpc) is 3.05. The van der Waals surface area contributed by atoms with Gasteiger partial charge >= 0.3 is 0 Å². The number of aromatic nitrogens is 1. The molecular formula is C26H32N4O4S. The summed E-state index contributed by atoms with van der Waals surface area (Å²) >= 11 is 0. The molecule has 0 saturated carbocycles. The van der Waals surface area contributed by atoms with E-state index in [1.807, 2.05) is 26.8 Å². The molecule has 0 bridgehead atoms. The standard InChI is InChI=1S/C26H32N4O4S/c1-7-34-24-11-9-23(10-12-24)29(35(6,32)33)17-26(31)28-27-16-22-15-20(4)30(21(22)5)25-13-8-18(2)14-19(25)3/h8-16H,7,17H2,1-6H3,(H,28,31)/b27-16+. The van der Waals surface area contributed by atoms with E-state index in [1.165, 1.54) is 11.1 Å². The number of carbonyl (C=O) groups excluding carboxylic acids is 1. The van der Waals surface area contributed by atoms with Crippen LogP contribution in [0.4, 0.5) is 5.69 Å². The first-order valence-electron chi connectivity index (χ1n) is 11.3. The van der Waals surface area contributed by atoms with Crippen LogP contribution < -0.4 is 14.5 Å². The highest BCUT2D eigenvalue weighted by atomic mass is 32.2. The van der Waals surface area contributed by atoms with Gasteiger partial charge in [-0.05, 0) is 76.6 Å². The minimum Gasteiger partial charge on any atom is -0.494 e. The lowest BCUT2D eigenvalue weighted by molar-refractivity contribution is -0.119. The van der Waals surface area contributed by atoms with E-state index < -0.39 is 22.5 Å². The number of anilines is 1. The quantitative estimate of drug-likeness (QED) is 0.358. The fraction of sp³-hybridized carbons (Fsp3) is 0.308. The van der Waals surface area contributed by atoms with E-state index in [-0.39, 0.29) is 0 Å². The summed E-state index contributed by atoms with van der Waals surface area (Å²) in [6.45, 7) is 10.1. The molecule has 1 heterocycles. The number of carbonyl (C=O) groups is 1. The summed E-state index contributed by atoms with van der Waals surface area (Å²) in [6, 6.07) is 14.8. The number of rotatable bonds is 9. The van der Waals surface area contributed by atoms with Crippen molar-refractivity contribution in [1.82, 2.24) is 9.99 Å². The number of hydrazone groups is 1. The highest BCUT2D eigenvalue weighted by molar-refractivity contribution is 7.92. The van der Waals surface area contributed by atoms with E-state index >= 15 is 0 Å². The van der Waals surface area contributed by atoms with Crippen LogP contribution in [0.15, 0.2) is 53.6 Å². The molecule has 3 rings (SSSR count). The van der Waals surface area contributed by atoms with Crippen molar-refractivity contribution in [2.75, 3.05) is 23.7 Å². The van der Waals surface area contributed by atoms with Crippen LogP contribution in [0.2, 0.25) is 0 Å². The van der Waals surface area contributed by atoms with Crippen LogP contribution in [0.3, 0.4) is 0 Å². The normalized spacial score (nSPS) is 11.6. The molecule has 8 nitrogen and oxygen atoms in total. The van der Waals surface area contributed by atoms with Crippen molar-refractivity contribution in [2.24, 2.45) is 5.10 Å². The van der Waals surface area contributed by atoms with Gasteiger partial charge in [-0.1, -0.05) is 17.7 Å². The number of hydrogen-bond donors (Lipinski definition) is 1. The van der Waals surface area contributed by atoms with Crippen molar-refractivity contribution in [3.8, 4) is 11.4 Å². The van der Waals surface area contributed by atoms with Crippen LogP contribution in [-0.4, -0.2) is 44.5 Å². The van der Waals surface area contributed by atoms with Gasteiger partial charge < -0.3 is 9.30 Å². The third kappa shape index (κ3) is 6.30. The van der Waals surface area contributed by atoms with Crippen molar-refractivity contribution < 1.29 is 17.9 Å². The Balaban J connectivity index is 1.74. The average molecular weight is 497 g/mol. The maximum absolute atomic E-state index is 12.5. The molecule has 1 aromatic heterocycles. The first-order valence-corrected chi connectivity index (χ1v) is 13.1. The summed E-state index contributed by atoms with van der Waals surface area (Å²) in [5, 5.41) is 4.07. The second-order valence-electron chi connectivity index (χ2n) is 8.44. The van der Waals surface area contributed by atoms with Crippen molar-refractivity contribution in [1.29, 1.82) is 0 Å². The zero-order valence-electron chi connectivity index (χ0n) is 21.0. The highest BCUT2D eigenvalue weighted by Crippen LogP contribution is 2.24. The minimum absolute atomic E-state index is 0.368. The number of hydrogen-bond acceptors (Lipinski definition) is 5. The lowest BCUT2D eigenvalue weighted by Crippen LogP contribution is -2.39. The molecule has 2 aromatic carbocycles. The first kappa shape index (κ1) is 26.0. The van der Waals surface area contributed by atoms with E-state index in [9.17, 15) is 13.2 Å². The molecule has 0 saturated heterocycles. The molecule has 0 radical (unpaired) electrons. The minimum atomic E-state index is -3.69. The number of nitrogens with one attached hydrogen (secondary N) is 1. The van der Waals surface area contributed by atoms with Gasteiger partial charge in [0.25, 0.3) is 5.91 Å². The van der Waals surface area contributed by atoms with E-state index in [0.29, 0.717) is 18.0 Å². The Bertz CT molecular complexity index is 1340. The summed E-state index contributed by atoms with van der Waals surface area (Å²) < 4.78 is 33.2. The first-order chi connectivity index (χ1) is 16.5. The zero-order chi connectivity index (χ0) is 25.8. The fourth-order valence-corrected chi connectivity index (χ4v) is 4.82. The predicted octanol–water partition coefficient (Wildman–Crippen LogP) is 4.03. The molecule has 0 atom stereocenters. The number of aryl methyl sites for hydroxylation is 3. The Labute approximate surface area is 207 Å². The summed E-state index contributed by atoms with van der Waals surface area (Å²) in [7, 11) is -3.69. The van der Waals surface area contributed by atoms with Crippen molar-refractivity contribution in [3.63, 3.8) is 0 Å². The smallest absolute Gasteiger partial charge is 0.260 e. The van der Waals surface area contributed by atoms with E-state index in [0.717, 1.165) is 33.2 Å². The van der Waals surface area contributed by atoms with Gasteiger partial charge in [0.2, 0.25) is 10.0 Å². The number of sulfonamides is 1. The highest BCUT2D eigenvalue weighted by Gasteiger charge is 2.21. The monoisotopic (exact) mass is 496 g/mol. The maximum atomic E-state index is 12.5. The van der Waals surface area contributed by atoms with Crippen LogP contribution in [0, 0.1) is 27.7 Å². The molecule has 0 fully saturated rings. The summed E-state index contributed by atoms with van der Waals surface area (Å²) in [5.74, 6) is 0.0703. The molecule has 0 aliphatic heterocycles. The molecule has 0 aliphatic rings. The number of nitrogens with zero attached hydrogens (tertiary/aromatic N) is 3. The van der Waals surface area contributed by atoms with Crippen LogP contribution in [0.5, 0.6) is 5.75 Å². The Morgan fingerprint density at radius 3 is 2.37 bits per heavy atom. The molecule has 0 spiro atoms. The van der Waals surface area contributed by atoms with Crippen LogP contribution in [0.25, 0.3) is 5.69 Å². The Morgan fingerprint density at radius 2 is 1.77 bits per heavy atom. The number of ether oxygens (including phenoxy) is 1. The van der Waals surface area contributed by atoms with Crippen molar-refractivity contribution in [3.05, 3.63) is 76.6 Å². The molecule has 9 heteroatoms. The second-order valence-corrected chi connectivity index (χ2v) is 10.3.